The van der Waals surface area contributed by atoms with Crippen molar-refractivity contribution in [2.75, 3.05) is 67.7 Å². The molecular formula is C21H23F3N6O3. The zero-order chi connectivity index (χ0) is 23.2. The van der Waals surface area contributed by atoms with Crippen LogP contribution in [-0.2, 0) is 20.4 Å². The third-order valence-electron chi connectivity index (χ3n) is 5.98. The first kappa shape index (κ1) is 21.8. The van der Waals surface area contributed by atoms with Crippen molar-refractivity contribution in [2.45, 2.75) is 13.1 Å². The molecule has 0 saturated carbocycles. The van der Waals surface area contributed by atoms with Crippen LogP contribution >= 0.6 is 0 Å². The summed E-state index contributed by atoms with van der Waals surface area (Å²) in [6.45, 7) is 6.13. The molecule has 176 valence electrons. The Balaban J connectivity index is 1.56. The highest BCUT2D eigenvalue weighted by atomic mass is 19.4. The van der Waals surface area contributed by atoms with E-state index in [2.05, 4.69) is 20.3 Å². The molecule has 3 saturated heterocycles. The number of pyridine rings is 1. The Bertz CT molecular complexity index is 1060. The second kappa shape index (κ2) is 8.10. The number of morpholine rings is 1. The number of carbonyl (C=O) groups excluding carboxylic acids is 1. The molecule has 0 atom stereocenters. The maximum absolute atomic E-state index is 14.0. The fourth-order valence-electron chi connectivity index (χ4n) is 4.27. The lowest BCUT2D eigenvalue weighted by atomic mass is 9.78. The van der Waals surface area contributed by atoms with Crippen molar-refractivity contribution in [2.24, 2.45) is 5.41 Å². The van der Waals surface area contributed by atoms with Crippen LogP contribution in [0.2, 0.25) is 0 Å². The van der Waals surface area contributed by atoms with Crippen molar-refractivity contribution in [1.82, 2.24) is 15.0 Å². The molecule has 3 fully saturated rings. The molecule has 1 spiro atoms. The molecule has 33 heavy (non-hydrogen) atoms. The minimum Gasteiger partial charge on any atom is -0.380 e. The molecule has 5 rings (SSSR count). The van der Waals surface area contributed by atoms with Gasteiger partial charge >= 0.3 is 6.18 Å². The van der Waals surface area contributed by atoms with Crippen molar-refractivity contribution >= 4 is 23.5 Å². The van der Waals surface area contributed by atoms with Crippen molar-refractivity contribution in [3.63, 3.8) is 0 Å². The first-order valence-corrected chi connectivity index (χ1v) is 10.6. The normalized spacial score (nSPS) is 19.8. The molecule has 1 amide bonds. The molecule has 0 aromatic carbocycles. The van der Waals surface area contributed by atoms with Gasteiger partial charge in [0.2, 0.25) is 11.9 Å². The van der Waals surface area contributed by atoms with E-state index in [4.69, 9.17) is 9.47 Å². The topological polar surface area (TPSA) is 92.7 Å². The van der Waals surface area contributed by atoms with Crippen molar-refractivity contribution in [3.8, 4) is 11.3 Å². The van der Waals surface area contributed by atoms with E-state index in [1.165, 1.54) is 6.92 Å². The van der Waals surface area contributed by atoms with E-state index < -0.39 is 17.6 Å². The van der Waals surface area contributed by atoms with Gasteiger partial charge in [0.1, 0.15) is 11.6 Å². The van der Waals surface area contributed by atoms with Gasteiger partial charge in [-0.15, -0.1) is 0 Å². The number of rotatable bonds is 4. The highest BCUT2D eigenvalue weighted by Crippen LogP contribution is 2.42. The largest absolute Gasteiger partial charge is 0.417 e. The van der Waals surface area contributed by atoms with E-state index in [9.17, 15) is 18.0 Å². The first-order chi connectivity index (χ1) is 15.7. The number of amides is 1. The van der Waals surface area contributed by atoms with E-state index in [0.29, 0.717) is 51.3 Å². The third kappa shape index (κ3) is 4.32. The Morgan fingerprint density at radius 1 is 1.09 bits per heavy atom. The maximum Gasteiger partial charge on any atom is 0.417 e. The Hall–Kier alpha value is -2.99. The van der Waals surface area contributed by atoms with Gasteiger partial charge < -0.3 is 24.6 Å². The van der Waals surface area contributed by atoms with E-state index in [0.717, 1.165) is 25.4 Å². The summed E-state index contributed by atoms with van der Waals surface area (Å²) in [5.41, 5.74) is -0.854. The number of hydrogen-bond donors (Lipinski definition) is 1. The van der Waals surface area contributed by atoms with Crippen molar-refractivity contribution in [3.05, 3.63) is 23.9 Å². The van der Waals surface area contributed by atoms with Crippen LogP contribution in [0.3, 0.4) is 0 Å². The van der Waals surface area contributed by atoms with Gasteiger partial charge in [0.15, 0.2) is 0 Å². The number of nitrogens with zero attached hydrogens (tertiary/aromatic N) is 5. The third-order valence-corrected chi connectivity index (χ3v) is 5.98. The van der Waals surface area contributed by atoms with E-state index in [1.54, 1.807) is 6.07 Å². The van der Waals surface area contributed by atoms with E-state index in [1.807, 2.05) is 9.80 Å². The molecule has 0 aliphatic carbocycles. The zero-order valence-electron chi connectivity index (χ0n) is 18.0. The Kier molecular flexibility index (Phi) is 5.36. The number of ether oxygens (including phenoxy) is 2. The summed E-state index contributed by atoms with van der Waals surface area (Å²) in [7, 11) is 0. The molecule has 3 aliphatic rings. The Morgan fingerprint density at radius 2 is 1.82 bits per heavy atom. The summed E-state index contributed by atoms with van der Waals surface area (Å²) in [5.74, 6) is 0.249. The van der Waals surface area contributed by atoms with Gasteiger partial charge in [-0.2, -0.15) is 18.2 Å². The molecule has 9 nitrogen and oxygen atoms in total. The van der Waals surface area contributed by atoms with E-state index >= 15 is 0 Å². The maximum atomic E-state index is 14.0. The van der Waals surface area contributed by atoms with Gasteiger partial charge in [0.25, 0.3) is 0 Å². The van der Waals surface area contributed by atoms with Crippen LogP contribution in [0.4, 0.5) is 30.8 Å². The summed E-state index contributed by atoms with van der Waals surface area (Å²) >= 11 is 0. The molecule has 1 N–H and O–H groups in total. The fraction of sp³-hybridized carbons (Fsp3) is 0.524. The average Bonchev–Trinajstić information content (AvgIpc) is 2.71. The highest BCUT2D eigenvalue weighted by Gasteiger charge is 2.49. The van der Waals surface area contributed by atoms with Crippen LogP contribution in [0.25, 0.3) is 11.3 Å². The fourth-order valence-corrected chi connectivity index (χ4v) is 4.27. The Morgan fingerprint density at radius 3 is 2.42 bits per heavy atom. The lowest BCUT2D eigenvalue weighted by Crippen LogP contribution is -2.66. The van der Waals surface area contributed by atoms with Gasteiger partial charge in [-0.25, -0.2) is 9.97 Å². The van der Waals surface area contributed by atoms with Gasteiger partial charge in [0.05, 0.1) is 43.1 Å². The summed E-state index contributed by atoms with van der Waals surface area (Å²) in [5, 5.41) is 2.30. The molecule has 2 aromatic heterocycles. The lowest BCUT2D eigenvalue weighted by molar-refractivity contribution is -0.137. The predicted octanol–water partition coefficient (Wildman–Crippen LogP) is 2.19. The number of aromatic nitrogens is 3. The minimum absolute atomic E-state index is 0.114. The quantitative estimate of drug-likeness (QED) is 0.736. The van der Waals surface area contributed by atoms with Crippen LogP contribution in [-0.4, -0.2) is 73.5 Å². The van der Waals surface area contributed by atoms with Crippen LogP contribution in [0.15, 0.2) is 18.3 Å². The Labute approximate surface area is 187 Å². The van der Waals surface area contributed by atoms with Crippen molar-refractivity contribution < 1.29 is 27.4 Å². The van der Waals surface area contributed by atoms with Crippen LogP contribution in [0, 0.1) is 5.41 Å². The highest BCUT2D eigenvalue weighted by molar-refractivity contribution is 5.88. The first-order valence-electron chi connectivity index (χ1n) is 10.6. The second-order valence-corrected chi connectivity index (χ2v) is 8.65. The monoisotopic (exact) mass is 464 g/mol. The average molecular weight is 464 g/mol. The summed E-state index contributed by atoms with van der Waals surface area (Å²) in [6.07, 6.45) is -3.57. The molecule has 0 radical (unpaired) electrons. The predicted molar refractivity (Wildman–Crippen MR) is 113 cm³/mol. The number of nitrogens with one attached hydrogen (secondary N) is 1. The standard InChI is InChI=1S/C21H23F3N6O3/c1-13(31)26-17-6-15(21(22,23)24)14(8-25-17)16-7-18(30-9-20(10-30)11-33-12-20)28-19(27-16)29-2-4-32-5-3-29/h6-8H,2-5,9-12H2,1H3,(H,25,26,31). The van der Waals surface area contributed by atoms with Crippen LogP contribution in [0.1, 0.15) is 12.5 Å². The number of carbonyl (C=O) groups is 1. The number of halogens is 3. The summed E-state index contributed by atoms with van der Waals surface area (Å²) in [6, 6.07) is 2.40. The molecule has 5 heterocycles. The van der Waals surface area contributed by atoms with Crippen LogP contribution < -0.4 is 15.1 Å². The number of alkyl halides is 3. The smallest absolute Gasteiger partial charge is 0.380 e. The molecular weight excluding hydrogens is 441 g/mol. The van der Waals surface area contributed by atoms with Crippen molar-refractivity contribution in [1.29, 1.82) is 0 Å². The lowest BCUT2D eigenvalue weighted by Gasteiger charge is -2.55. The SMILES string of the molecule is CC(=O)Nc1cc(C(F)(F)F)c(-c2cc(N3CC4(COC4)C3)nc(N3CCOCC3)n2)cn1. The molecule has 0 unspecified atom stereocenters. The van der Waals surface area contributed by atoms with Crippen LogP contribution in [0.5, 0.6) is 0 Å². The molecule has 3 aliphatic heterocycles. The second-order valence-electron chi connectivity index (χ2n) is 8.65. The molecule has 2 aromatic rings. The number of hydrogen-bond acceptors (Lipinski definition) is 8. The molecule has 12 heteroatoms. The summed E-state index contributed by atoms with van der Waals surface area (Å²) in [4.78, 5) is 28.4. The van der Waals surface area contributed by atoms with Gasteiger partial charge in [-0.1, -0.05) is 0 Å². The summed E-state index contributed by atoms with van der Waals surface area (Å²) < 4.78 is 52.6. The molecule has 0 bridgehead atoms. The van der Waals surface area contributed by atoms with Gasteiger partial charge in [-0.3, -0.25) is 4.79 Å². The van der Waals surface area contributed by atoms with E-state index in [-0.39, 0.29) is 22.5 Å². The van der Waals surface area contributed by atoms with Gasteiger partial charge in [-0.05, 0) is 6.07 Å². The zero-order valence-corrected chi connectivity index (χ0v) is 18.0. The minimum atomic E-state index is -4.67. The van der Waals surface area contributed by atoms with Gasteiger partial charge in [0, 0.05) is 50.9 Å². The number of anilines is 3.